The molecule has 112 valence electrons. The monoisotopic (exact) mass is 297 g/mol. The molecule has 1 heterocycles. The van der Waals surface area contributed by atoms with Gasteiger partial charge in [-0.25, -0.2) is 13.2 Å². The molecule has 1 aliphatic rings. The summed E-state index contributed by atoms with van der Waals surface area (Å²) in [5.74, 6) is -3.47. The highest BCUT2D eigenvalue weighted by molar-refractivity contribution is 5.54. The molecule has 1 aromatic heterocycles. The topological polar surface area (TPSA) is 51.0 Å². The molecule has 0 amide bonds. The van der Waals surface area contributed by atoms with Gasteiger partial charge in [-0.2, -0.15) is 4.98 Å². The summed E-state index contributed by atoms with van der Waals surface area (Å²) in [4.78, 5) is 4.20. The number of nitrogens with zero attached hydrogens (tertiary/aromatic N) is 2. The maximum absolute atomic E-state index is 13.2. The fourth-order valence-electron chi connectivity index (χ4n) is 2.79. The molecular formula is C14H14F3N3O. The summed E-state index contributed by atoms with van der Waals surface area (Å²) < 4.78 is 44.6. The van der Waals surface area contributed by atoms with Gasteiger partial charge in [-0.1, -0.05) is 11.6 Å². The van der Waals surface area contributed by atoms with Crippen molar-refractivity contribution in [2.45, 2.75) is 31.2 Å². The number of halogens is 3. The van der Waals surface area contributed by atoms with Crippen LogP contribution in [0.3, 0.4) is 0 Å². The Morgan fingerprint density at radius 3 is 2.57 bits per heavy atom. The Kier molecular flexibility index (Phi) is 3.67. The van der Waals surface area contributed by atoms with Gasteiger partial charge in [0.25, 0.3) is 0 Å². The minimum Gasteiger partial charge on any atom is -0.339 e. The molecule has 3 rings (SSSR count). The summed E-state index contributed by atoms with van der Waals surface area (Å²) in [6.07, 6.45) is 2.98. The van der Waals surface area contributed by atoms with Gasteiger partial charge in [0.05, 0.1) is 5.92 Å². The first kappa shape index (κ1) is 14.1. The molecule has 2 aromatic rings. The molecule has 0 bridgehead atoms. The number of rotatable bonds is 3. The van der Waals surface area contributed by atoms with Crippen molar-refractivity contribution in [1.82, 2.24) is 15.5 Å². The maximum atomic E-state index is 13.2. The average molecular weight is 297 g/mol. The van der Waals surface area contributed by atoms with Crippen molar-refractivity contribution in [2.24, 2.45) is 0 Å². The van der Waals surface area contributed by atoms with Gasteiger partial charge in [-0.3, -0.25) is 0 Å². The van der Waals surface area contributed by atoms with Crippen molar-refractivity contribution in [1.29, 1.82) is 0 Å². The summed E-state index contributed by atoms with van der Waals surface area (Å²) in [7, 11) is 1.87. The Hall–Kier alpha value is -1.89. The highest BCUT2D eigenvalue weighted by atomic mass is 19.2. The molecule has 1 aromatic carbocycles. The summed E-state index contributed by atoms with van der Waals surface area (Å²) in [5.41, 5.74) is 0.0559. The molecule has 0 spiro atoms. The molecule has 0 aliphatic heterocycles. The minimum atomic E-state index is -1.51. The number of hydrogen-bond acceptors (Lipinski definition) is 4. The third kappa shape index (κ3) is 2.53. The number of nitrogens with one attached hydrogen (secondary N) is 1. The number of benzene rings is 1. The molecule has 1 saturated carbocycles. The lowest BCUT2D eigenvalue weighted by atomic mass is 10.0. The van der Waals surface area contributed by atoms with Crippen molar-refractivity contribution in [2.75, 3.05) is 7.05 Å². The predicted molar refractivity (Wildman–Crippen MR) is 69.0 cm³/mol. The highest BCUT2D eigenvalue weighted by Gasteiger charge is 2.32. The van der Waals surface area contributed by atoms with Crippen LogP contribution in [0.5, 0.6) is 0 Å². The molecule has 2 atom stereocenters. The second-order valence-corrected chi connectivity index (χ2v) is 5.14. The van der Waals surface area contributed by atoms with Gasteiger partial charge < -0.3 is 9.84 Å². The summed E-state index contributed by atoms with van der Waals surface area (Å²) in [6, 6.07) is 1.97. The Morgan fingerprint density at radius 2 is 1.90 bits per heavy atom. The molecule has 1 N–H and O–H groups in total. The van der Waals surface area contributed by atoms with E-state index >= 15 is 0 Å². The number of likely N-dealkylation sites (N-methyl/N-ethyl adjacent to an activating group) is 1. The van der Waals surface area contributed by atoms with Crippen LogP contribution in [0.2, 0.25) is 0 Å². The fraction of sp³-hybridized carbons (Fsp3) is 0.429. The molecule has 1 aliphatic carbocycles. The summed E-state index contributed by atoms with van der Waals surface area (Å²) in [6.45, 7) is 0. The number of hydrogen-bond donors (Lipinski definition) is 1. The van der Waals surface area contributed by atoms with E-state index in [9.17, 15) is 13.2 Å². The van der Waals surface area contributed by atoms with E-state index < -0.39 is 17.5 Å². The molecule has 1 fully saturated rings. The predicted octanol–water partition coefficient (Wildman–Crippen LogP) is 3.01. The Labute approximate surface area is 119 Å². The second-order valence-electron chi connectivity index (χ2n) is 5.14. The quantitative estimate of drug-likeness (QED) is 0.885. The van der Waals surface area contributed by atoms with E-state index in [-0.39, 0.29) is 23.3 Å². The van der Waals surface area contributed by atoms with E-state index in [4.69, 9.17) is 4.52 Å². The molecule has 2 unspecified atom stereocenters. The van der Waals surface area contributed by atoms with Crippen molar-refractivity contribution in [3.63, 3.8) is 0 Å². The van der Waals surface area contributed by atoms with E-state index in [1.54, 1.807) is 0 Å². The van der Waals surface area contributed by atoms with Crippen LogP contribution < -0.4 is 5.32 Å². The lowest BCUT2D eigenvalue weighted by Crippen LogP contribution is -2.27. The van der Waals surface area contributed by atoms with Gasteiger partial charge in [-0.15, -0.1) is 0 Å². The average Bonchev–Trinajstić information content (AvgIpc) is 3.11. The Bertz CT molecular complexity index is 636. The van der Waals surface area contributed by atoms with Gasteiger partial charge in [0.2, 0.25) is 11.7 Å². The zero-order chi connectivity index (χ0) is 15.0. The van der Waals surface area contributed by atoms with Crippen LogP contribution in [0.4, 0.5) is 13.2 Å². The normalized spacial score (nSPS) is 21.9. The van der Waals surface area contributed by atoms with Crippen molar-refractivity contribution < 1.29 is 17.7 Å². The molecular weight excluding hydrogens is 283 g/mol. The van der Waals surface area contributed by atoms with Crippen molar-refractivity contribution in [3.05, 3.63) is 35.5 Å². The summed E-state index contributed by atoms with van der Waals surface area (Å²) in [5, 5.41) is 6.93. The van der Waals surface area contributed by atoms with Crippen molar-refractivity contribution >= 4 is 0 Å². The smallest absolute Gasteiger partial charge is 0.231 e. The third-order valence-electron chi connectivity index (χ3n) is 3.89. The van der Waals surface area contributed by atoms with Crippen molar-refractivity contribution in [3.8, 4) is 11.4 Å². The lowest BCUT2D eigenvalue weighted by Gasteiger charge is -2.14. The minimum absolute atomic E-state index is 0.0559. The van der Waals surface area contributed by atoms with E-state index in [0.717, 1.165) is 31.4 Å². The van der Waals surface area contributed by atoms with E-state index in [2.05, 4.69) is 15.5 Å². The zero-order valence-corrected chi connectivity index (χ0v) is 11.4. The largest absolute Gasteiger partial charge is 0.339 e. The third-order valence-corrected chi connectivity index (χ3v) is 3.89. The van der Waals surface area contributed by atoms with Gasteiger partial charge in [0.1, 0.15) is 0 Å². The highest BCUT2D eigenvalue weighted by Crippen LogP contribution is 2.34. The van der Waals surface area contributed by atoms with Crippen LogP contribution in [0.25, 0.3) is 11.4 Å². The molecule has 0 saturated heterocycles. The number of aromatic nitrogens is 2. The lowest BCUT2D eigenvalue weighted by molar-refractivity contribution is 0.335. The first-order valence-electron chi connectivity index (χ1n) is 6.76. The van der Waals surface area contributed by atoms with Crippen LogP contribution in [0, 0.1) is 17.5 Å². The summed E-state index contributed by atoms with van der Waals surface area (Å²) >= 11 is 0. The van der Waals surface area contributed by atoms with E-state index in [1.807, 2.05) is 7.05 Å². The standard InChI is InChI=1S/C14H14F3N3O/c1-18-11-4-2-3-8(11)14-19-13(20-21-14)7-5-9(15)12(17)10(16)6-7/h5-6,8,11,18H,2-4H2,1H3. The second kappa shape index (κ2) is 5.48. The van der Waals surface area contributed by atoms with Crippen LogP contribution in [0.15, 0.2) is 16.7 Å². The molecule has 0 radical (unpaired) electrons. The van der Waals surface area contributed by atoms with Gasteiger partial charge in [0.15, 0.2) is 17.5 Å². The first-order chi connectivity index (χ1) is 10.1. The van der Waals surface area contributed by atoms with Crippen LogP contribution in [0.1, 0.15) is 31.1 Å². The maximum Gasteiger partial charge on any atom is 0.231 e. The SMILES string of the molecule is CNC1CCCC1c1nc(-c2cc(F)c(F)c(F)c2)no1. The first-order valence-corrected chi connectivity index (χ1v) is 6.76. The molecule has 21 heavy (non-hydrogen) atoms. The van der Waals surface area contributed by atoms with Gasteiger partial charge in [-0.05, 0) is 32.0 Å². The van der Waals surface area contributed by atoms with Crippen LogP contribution in [-0.4, -0.2) is 23.2 Å². The Balaban J connectivity index is 1.91. The van der Waals surface area contributed by atoms with Crippen LogP contribution in [-0.2, 0) is 0 Å². The van der Waals surface area contributed by atoms with Gasteiger partial charge in [0, 0.05) is 11.6 Å². The van der Waals surface area contributed by atoms with Gasteiger partial charge >= 0.3 is 0 Å². The van der Waals surface area contributed by atoms with E-state index in [1.165, 1.54) is 0 Å². The zero-order valence-electron chi connectivity index (χ0n) is 11.4. The fourth-order valence-corrected chi connectivity index (χ4v) is 2.79. The van der Waals surface area contributed by atoms with E-state index in [0.29, 0.717) is 5.89 Å². The molecule has 4 nitrogen and oxygen atoms in total. The molecule has 7 heteroatoms. The Morgan fingerprint density at radius 1 is 1.19 bits per heavy atom. The van der Waals surface area contributed by atoms with Crippen LogP contribution >= 0.6 is 0 Å².